The number of hydrogen-bond donors (Lipinski definition) is 1. The maximum atomic E-state index is 12.9. The Bertz CT molecular complexity index is 789. The molecule has 1 atom stereocenters. The van der Waals surface area contributed by atoms with E-state index in [0.717, 1.165) is 37.6 Å². The summed E-state index contributed by atoms with van der Waals surface area (Å²) in [5.41, 5.74) is 0.977. The fraction of sp³-hybridized carbons (Fsp3) is 0.556. The van der Waals surface area contributed by atoms with E-state index in [2.05, 4.69) is 25.3 Å². The molecule has 2 aliphatic heterocycles. The molecule has 4 heterocycles. The van der Waals surface area contributed by atoms with Gasteiger partial charge in [-0.05, 0) is 24.8 Å². The van der Waals surface area contributed by atoms with Crippen LogP contribution >= 0.6 is 0 Å². The summed E-state index contributed by atoms with van der Waals surface area (Å²) < 4.78 is 12.4. The van der Waals surface area contributed by atoms with Crippen LogP contribution in [0, 0.1) is 5.92 Å². The Morgan fingerprint density at radius 2 is 2.22 bits per heavy atom. The van der Waals surface area contributed by atoms with Crippen LogP contribution in [0.4, 0.5) is 5.82 Å². The van der Waals surface area contributed by atoms with Crippen molar-refractivity contribution in [2.45, 2.75) is 25.4 Å². The van der Waals surface area contributed by atoms with Gasteiger partial charge in [0.15, 0.2) is 0 Å². The highest BCUT2D eigenvalue weighted by Gasteiger charge is 2.32. The van der Waals surface area contributed by atoms with Crippen LogP contribution in [0.3, 0.4) is 0 Å². The van der Waals surface area contributed by atoms with Gasteiger partial charge in [0.25, 0.3) is 0 Å². The van der Waals surface area contributed by atoms with Gasteiger partial charge in [0, 0.05) is 32.0 Å². The van der Waals surface area contributed by atoms with Gasteiger partial charge in [-0.3, -0.25) is 9.48 Å². The summed E-state index contributed by atoms with van der Waals surface area (Å²) in [6.07, 6.45) is 5.19. The fourth-order valence-electron chi connectivity index (χ4n) is 3.59. The van der Waals surface area contributed by atoms with E-state index in [0.29, 0.717) is 31.4 Å². The van der Waals surface area contributed by atoms with Gasteiger partial charge in [0.2, 0.25) is 11.8 Å². The highest BCUT2D eigenvalue weighted by atomic mass is 16.5. The number of aromatic nitrogens is 4. The lowest BCUT2D eigenvalue weighted by Gasteiger charge is -2.34. The first-order valence-corrected chi connectivity index (χ1v) is 9.23. The summed E-state index contributed by atoms with van der Waals surface area (Å²) in [7, 11) is 1.57. The van der Waals surface area contributed by atoms with Crippen molar-refractivity contribution in [1.82, 2.24) is 25.1 Å². The molecule has 1 unspecified atom stereocenters. The number of rotatable bonds is 5. The lowest BCUT2D eigenvalue weighted by Crippen LogP contribution is -2.46. The highest BCUT2D eigenvalue weighted by Crippen LogP contribution is 2.26. The van der Waals surface area contributed by atoms with Crippen molar-refractivity contribution in [1.29, 1.82) is 0 Å². The van der Waals surface area contributed by atoms with Gasteiger partial charge in [-0.15, -0.1) is 0 Å². The maximum absolute atomic E-state index is 12.9. The van der Waals surface area contributed by atoms with E-state index in [4.69, 9.17) is 9.47 Å². The predicted octanol–water partition coefficient (Wildman–Crippen LogP) is 0.786. The standard InChI is InChI=1S/C18H24N6O3/c1-26-17-8-16(20-12-21-17)23-10-14-2-5-22-24(14)15(11-23)18(25)19-9-13-3-6-27-7-4-13/h2,5,8,12-13,15H,3-4,6-7,9-11H2,1H3,(H,19,25). The number of amides is 1. The molecule has 0 radical (unpaired) electrons. The number of hydrogen-bond acceptors (Lipinski definition) is 7. The third-order valence-electron chi connectivity index (χ3n) is 5.16. The molecule has 0 bridgehead atoms. The largest absolute Gasteiger partial charge is 0.481 e. The molecule has 2 aromatic heterocycles. The number of fused-ring (bicyclic) bond motifs is 1. The van der Waals surface area contributed by atoms with Crippen LogP contribution in [0.25, 0.3) is 0 Å². The Balaban J connectivity index is 1.48. The lowest BCUT2D eigenvalue weighted by atomic mass is 10.0. The molecule has 9 nitrogen and oxygen atoms in total. The molecule has 2 aromatic rings. The van der Waals surface area contributed by atoms with Gasteiger partial charge in [-0.2, -0.15) is 5.10 Å². The van der Waals surface area contributed by atoms with E-state index in [9.17, 15) is 4.79 Å². The summed E-state index contributed by atoms with van der Waals surface area (Å²) in [5.74, 6) is 1.69. The highest BCUT2D eigenvalue weighted by molar-refractivity contribution is 5.81. The Kier molecular flexibility index (Phi) is 5.19. The van der Waals surface area contributed by atoms with Crippen molar-refractivity contribution >= 4 is 11.7 Å². The van der Waals surface area contributed by atoms with Crippen molar-refractivity contribution in [3.8, 4) is 5.88 Å². The molecular weight excluding hydrogens is 348 g/mol. The van der Waals surface area contributed by atoms with E-state index in [1.54, 1.807) is 19.4 Å². The molecule has 144 valence electrons. The molecule has 0 aliphatic carbocycles. The van der Waals surface area contributed by atoms with Gasteiger partial charge >= 0.3 is 0 Å². The minimum absolute atomic E-state index is 0.0165. The van der Waals surface area contributed by atoms with Crippen molar-refractivity contribution in [3.63, 3.8) is 0 Å². The van der Waals surface area contributed by atoms with Gasteiger partial charge in [0.1, 0.15) is 18.2 Å². The Hall–Kier alpha value is -2.68. The number of nitrogens with zero attached hydrogens (tertiary/aromatic N) is 5. The van der Waals surface area contributed by atoms with Crippen LogP contribution in [0.5, 0.6) is 5.88 Å². The van der Waals surface area contributed by atoms with E-state index in [1.807, 2.05) is 10.7 Å². The molecule has 1 amide bonds. The summed E-state index contributed by atoms with van der Waals surface area (Å²) in [6, 6.07) is 3.32. The van der Waals surface area contributed by atoms with Crippen LogP contribution in [0.1, 0.15) is 24.6 Å². The SMILES string of the molecule is COc1cc(N2Cc3ccnn3C(C(=O)NCC3CCOCC3)C2)ncn1. The average molecular weight is 372 g/mol. The first-order chi connectivity index (χ1) is 13.2. The molecule has 4 rings (SSSR count). The molecule has 0 spiro atoms. The van der Waals surface area contributed by atoms with E-state index in [-0.39, 0.29) is 5.91 Å². The normalized spacial score (nSPS) is 20.2. The minimum Gasteiger partial charge on any atom is -0.481 e. The third kappa shape index (κ3) is 3.87. The number of carbonyl (C=O) groups is 1. The molecule has 1 N–H and O–H groups in total. The van der Waals surface area contributed by atoms with E-state index < -0.39 is 6.04 Å². The Labute approximate surface area is 157 Å². The van der Waals surface area contributed by atoms with Crippen LogP contribution in [-0.2, 0) is 16.1 Å². The second-order valence-electron chi connectivity index (χ2n) is 6.88. The number of methoxy groups -OCH3 is 1. The molecule has 1 fully saturated rings. The molecule has 9 heteroatoms. The van der Waals surface area contributed by atoms with Gasteiger partial charge in [-0.1, -0.05) is 0 Å². The number of carbonyl (C=O) groups excluding carboxylic acids is 1. The van der Waals surface area contributed by atoms with Crippen molar-refractivity contribution in [3.05, 3.63) is 30.4 Å². The molecule has 1 saturated heterocycles. The van der Waals surface area contributed by atoms with Crippen LogP contribution < -0.4 is 15.0 Å². The van der Waals surface area contributed by atoms with E-state index in [1.165, 1.54) is 6.33 Å². The summed E-state index contributed by atoms with van der Waals surface area (Å²) >= 11 is 0. The third-order valence-corrected chi connectivity index (χ3v) is 5.16. The number of ether oxygens (including phenoxy) is 2. The Morgan fingerprint density at radius 3 is 3.04 bits per heavy atom. The zero-order chi connectivity index (χ0) is 18.6. The molecular formula is C18H24N6O3. The first kappa shape index (κ1) is 17.7. The smallest absolute Gasteiger partial charge is 0.246 e. The fourth-order valence-corrected chi connectivity index (χ4v) is 3.59. The minimum atomic E-state index is -0.399. The number of anilines is 1. The van der Waals surface area contributed by atoms with Gasteiger partial charge < -0.3 is 19.7 Å². The molecule has 27 heavy (non-hydrogen) atoms. The first-order valence-electron chi connectivity index (χ1n) is 9.23. The molecule has 2 aliphatic rings. The van der Waals surface area contributed by atoms with Gasteiger partial charge in [-0.25, -0.2) is 9.97 Å². The van der Waals surface area contributed by atoms with Crippen LogP contribution in [0.15, 0.2) is 24.7 Å². The van der Waals surface area contributed by atoms with Crippen molar-refractivity contribution < 1.29 is 14.3 Å². The van der Waals surface area contributed by atoms with Crippen molar-refractivity contribution in [2.75, 3.05) is 38.3 Å². The monoisotopic (exact) mass is 372 g/mol. The van der Waals surface area contributed by atoms with Gasteiger partial charge in [0.05, 0.1) is 25.9 Å². The zero-order valence-corrected chi connectivity index (χ0v) is 15.4. The van der Waals surface area contributed by atoms with Crippen LogP contribution in [0.2, 0.25) is 0 Å². The molecule has 0 aromatic carbocycles. The second kappa shape index (κ2) is 7.91. The molecule has 0 saturated carbocycles. The Morgan fingerprint density at radius 1 is 1.37 bits per heavy atom. The number of nitrogens with one attached hydrogen (secondary N) is 1. The lowest BCUT2D eigenvalue weighted by molar-refractivity contribution is -0.125. The van der Waals surface area contributed by atoms with Crippen LogP contribution in [-0.4, -0.2) is 59.1 Å². The summed E-state index contributed by atoms with van der Waals surface area (Å²) in [6.45, 7) is 3.35. The zero-order valence-electron chi connectivity index (χ0n) is 15.4. The predicted molar refractivity (Wildman–Crippen MR) is 97.5 cm³/mol. The summed E-state index contributed by atoms with van der Waals surface area (Å²) in [4.78, 5) is 23.4. The average Bonchev–Trinajstić information content (AvgIpc) is 3.21. The topological polar surface area (TPSA) is 94.4 Å². The quantitative estimate of drug-likeness (QED) is 0.829. The second-order valence-corrected chi connectivity index (χ2v) is 6.88. The van der Waals surface area contributed by atoms with Crippen molar-refractivity contribution in [2.24, 2.45) is 5.92 Å². The van der Waals surface area contributed by atoms with E-state index >= 15 is 0 Å². The summed E-state index contributed by atoms with van der Waals surface area (Å²) in [5, 5.41) is 7.48. The maximum Gasteiger partial charge on any atom is 0.246 e.